The molecule has 4 heterocycles. The van der Waals surface area contributed by atoms with Crippen LogP contribution in [0.3, 0.4) is 0 Å². The first-order valence-electron chi connectivity index (χ1n) is 12.2. The van der Waals surface area contributed by atoms with E-state index in [0.717, 1.165) is 6.07 Å². The fourth-order valence-electron chi connectivity index (χ4n) is 5.79. The van der Waals surface area contributed by atoms with Gasteiger partial charge in [-0.15, -0.1) is 4.40 Å². The van der Waals surface area contributed by atoms with Crippen LogP contribution in [0.4, 0.5) is 22.0 Å². The van der Waals surface area contributed by atoms with E-state index in [4.69, 9.17) is 9.15 Å². The zero-order chi connectivity index (χ0) is 27.7. The molecular weight excluding hydrogens is 509 g/mol. The van der Waals surface area contributed by atoms with Gasteiger partial charge in [0.1, 0.15) is 23.3 Å². The quantitative estimate of drug-likeness (QED) is 0.292. The van der Waals surface area contributed by atoms with Crippen LogP contribution in [0.5, 0.6) is 5.75 Å². The largest absolute Gasteiger partial charge is 0.496 e. The molecule has 38 heavy (non-hydrogen) atoms. The number of nitrogens with zero attached hydrogens (tertiary/aromatic N) is 3. The summed E-state index contributed by atoms with van der Waals surface area (Å²) >= 11 is 0. The smallest absolute Gasteiger partial charge is 0.422 e. The Morgan fingerprint density at radius 3 is 2.50 bits per heavy atom. The lowest BCUT2D eigenvalue weighted by molar-refractivity contribution is -0.676. The first-order chi connectivity index (χ1) is 17.9. The van der Waals surface area contributed by atoms with E-state index >= 15 is 8.78 Å². The second-order valence-electron chi connectivity index (χ2n) is 9.53. The fourth-order valence-corrected chi connectivity index (χ4v) is 5.79. The molecule has 11 heteroatoms. The number of fused-ring (bicyclic) bond motifs is 4. The number of rotatable bonds is 4. The van der Waals surface area contributed by atoms with E-state index in [0.29, 0.717) is 24.4 Å². The maximum absolute atomic E-state index is 15.9. The summed E-state index contributed by atoms with van der Waals surface area (Å²) in [5.41, 5.74) is -3.25. The van der Waals surface area contributed by atoms with Gasteiger partial charge in [-0.25, -0.2) is 18.1 Å². The lowest BCUT2D eigenvalue weighted by atomic mass is 9.67. The van der Waals surface area contributed by atoms with Crippen LogP contribution >= 0.6 is 0 Å². The van der Waals surface area contributed by atoms with Crippen molar-refractivity contribution in [2.24, 2.45) is 7.05 Å². The number of pyridine rings is 1. The predicted molar refractivity (Wildman–Crippen MR) is 126 cm³/mol. The van der Waals surface area contributed by atoms with Crippen molar-refractivity contribution in [2.45, 2.75) is 51.6 Å². The van der Waals surface area contributed by atoms with Crippen LogP contribution < -0.4 is 25.0 Å². The monoisotopic (exact) mass is 535 g/mol. The molecule has 4 aromatic rings. The summed E-state index contributed by atoms with van der Waals surface area (Å²) in [5, 5.41) is 0. The number of methoxy groups -OCH3 is 1. The molecule has 5 rings (SSSR count). The SMILES string of the molecule is CCCC1(CC)C(=c2oc(=O)c3c[n+](C)c(C)n23)[n+]2ccc(OC)cc2-c2c1cc(F)c(C(F)(F)F)c2F. The summed E-state index contributed by atoms with van der Waals surface area (Å²) in [4.78, 5) is 12.9. The lowest BCUT2D eigenvalue weighted by Crippen LogP contribution is -2.54. The van der Waals surface area contributed by atoms with Crippen molar-refractivity contribution in [1.29, 1.82) is 0 Å². The number of hydrogen-bond donors (Lipinski definition) is 0. The summed E-state index contributed by atoms with van der Waals surface area (Å²) in [5.74, 6) is -2.48. The molecule has 0 saturated heterocycles. The third-order valence-corrected chi connectivity index (χ3v) is 7.61. The Balaban J connectivity index is 2.09. The number of halogens is 5. The van der Waals surface area contributed by atoms with Gasteiger partial charge in [-0.3, -0.25) is 0 Å². The summed E-state index contributed by atoms with van der Waals surface area (Å²) in [6.45, 7) is 5.45. The molecule has 1 unspecified atom stereocenters. The molecule has 200 valence electrons. The third-order valence-electron chi connectivity index (χ3n) is 7.61. The molecule has 1 aliphatic rings. The third kappa shape index (κ3) is 3.40. The highest BCUT2D eigenvalue weighted by molar-refractivity contribution is 5.75. The number of benzene rings is 1. The standard InChI is InChI=1S/C27H26F5N3O3/c1-6-9-26(7-2)16-12-17(28)21(27(30,31)32)22(29)20(16)18-11-15(37-5)8-10-34(18)23(26)24-35-14(3)33(4)13-19(35)25(36)38-24/h8,10-13H,6-7,9H2,1-5H3/q+2. The van der Waals surface area contributed by atoms with Gasteiger partial charge >= 0.3 is 17.3 Å². The van der Waals surface area contributed by atoms with Gasteiger partial charge in [0.05, 0.1) is 31.2 Å². The number of alkyl halides is 3. The minimum atomic E-state index is -5.25. The fraction of sp³-hybridized carbons (Fsp3) is 0.370. The van der Waals surface area contributed by atoms with E-state index in [1.165, 1.54) is 17.7 Å². The Kier molecular flexibility index (Phi) is 5.88. The van der Waals surface area contributed by atoms with Gasteiger partial charge in [-0.05, 0) is 24.5 Å². The average Bonchev–Trinajstić information content (AvgIpc) is 3.33. The Morgan fingerprint density at radius 2 is 1.89 bits per heavy atom. The van der Waals surface area contributed by atoms with Crippen molar-refractivity contribution in [3.05, 3.63) is 75.1 Å². The Hall–Kier alpha value is -3.76. The summed E-state index contributed by atoms with van der Waals surface area (Å²) in [7, 11) is 3.14. The number of aryl methyl sites for hydroxylation is 2. The number of oxazole rings is 1. The van der Waals surface area contributed by atoms with Crippen molar-refractivity contribution in [3.8, 4) is 17.0 Å². The molecule has 0 N–H and O–H groups in total. The molecule has 1 aromatic carbocycles. The average molecular weight is 536 g/mol. The number of imidazole rings is 1. The Labute approximate surface area is 214 Å². The highest BCUT2D eigenvalue weighted by atomic mass is 19.4. The zero-order valence-corrected chi connectivity index (χ0v) is 21.5. The van der Waals surface area contributed by atoms with E-state index in [2.05, 4.69) is 0 Å². The van der Waals surface area contributed by atoms with Crippen LogP contribution in [0.1, 0.15) is 50.1 Å². The van der Waals surface area contributed by atoms with Crippen LogP contribution in [0.25, 0.3) is 22.5 Å². The van der Waals surface area contributed by atoms with Crippen molar-refractivity contribution < 1.29 is 40.2 Å². The first kappa shape index (κ1) is 25.9. The molecule has 0 spiro atoms. The summed E-state index contributed by atoms with van der Waals surface area (Å²) in [6, 6.07) is 3.75. The minimum absolute atomic E-state index is 0.0173. The van der Waals surface area contributed by atoms with Gasteiger partial charge in [0, 0.05) is 13.0 Å². The molecule has 3 aromatic heterocycles. The Morgan fingerprint density at radius 1 is 1.18 bits per heavy atom. The van der Waals surface area contributed by atoms with Gasteiger partial charge in [0.25, 0.3) is 17.0 Å². The Bertz CT molecular complexity index is 1720. The van der Waals surface area contributed by atoms with E-state index in [1.807, 2.05) is 6.92 Å². The number of aromatic nitrogens is 3. The minimum Gasteiger partial charge on any atom is -0.496 e. The predicted octanol–water partition coefficient (Wildman–Crippen LogP) is 4.12. The maximum atomic E-state index is 15.9. The van der Waals surface area contributed by atoms with Crippen molar-refractivity contribution in [2.75, 3.05) is 7.11 Å². The van der Waals surface area contributed by atoms with Crippen LogP contribution in [0.2, 0.25) is 0 Å². The van der Waals surface area contributed by atoms with Gasteiger partial charge in [-0.1, -0.05) is 20.3 Å². The van der Waals surface area contributed by atoms with Crippen molar-refractivity contribution in [1.82, 2.24) is 4.40 Å². The van der Waals surface area contributed by atoms with Crippen LogP contribution in [0, 0.1) is 18.6 Å². The highest BCUT2D eigenvalue weighted by Gasteiger charge is 2.54. The molecule has 0 amide bonds. The van der Waals surface area contributed by atoms with Gasteiger partial charge in [0.2, 0.25) is 5.69 Å². The van der Waals surface area contributed by atoms with Gasteiger partial charge < -0.3 is 9.15 Å². The van der Waals surface area contributed by atoms with E-state index in [1.54, 1.807) is 48.3 Å². The summed E-state index contributed by atoms with van der Waals surface area (Å²) < 4.78 is 88.5. The molecular formula is C27H26F5N3O3+2. The number of ether oxygens (including phenoxy) is 1. The molecule has 0 radical (unpaired) electrons. The highest BCUT2D eigenvalue weighted by Crippen LogP contribution is 2.50. The van der Waals surface area contributed by atoms with Gasteiger partial charge in [0.15, 0.2) is 12.0 Å². The summed E-state index contributed by atoms with van der Waals surface area (Å²) in [6.07, 6.45) is -0.992. The second-order valence-corrected chi connectivity index (χ2v) is 9.53. The van der Waals surface area contributed by atoms with E-state index in [9.17, 15) is 18.0 Å². The maximum Gasteiger partial charge on any atom is 0.422 e. The zero-order valence-electron chi connectivity index (χ0n) is 21.5. The topological polar surface area (TPSA) is 51.6 Å². The molecule has 1 atom stereocenters. The molecule has 0 aliphatic carbocycles. The van der Waals surface area contributed by atoms with Crippen LogP contribution in [-0.4, -0.2) is 11.5 Å². The van der Waals surface area contributed by atoms with E-state index in [-0.39, 0.29) is 40.1 Å². The first-order valence-corrected chi connectivity index (χ1v) is 12.2. The molecule has 0 fully saturated rings. The van der Waals surface area contributed by atoms with E-state index < -0.39 is 34.4 Å². The molecule has 0 bridgehead atoms. The molecule has 6 nitrogen and oxygen atoms in total. The normalized spacial score (nSPS) is 18.6. The molecule has 0 saturated carbocycles. The van der Waals surface area contributed by atoms with Crippen LogP contribution in [0.15, 0.2) is 39.8 Å². The van der Waals surface area contributed by atoms with Crippen LogP contribution in [-0.2, 0) is 18.6 Å². The van der Waals surface area contributed by atoms with Crippen molar-refractivity contribution >= 4 is 11.2 Å². The van der Waals surface area contributed by atoms with Crippen molar-refractivity contribution in [3.63, 3.8) is 0 Å². The van der Waals surface area contributed by atoms with Gasteiger partial charge in [-0.2, -0.15) is 17.7 Å². The number of hydrogen-bond acceptors (Lipinski definition) is 3. The molecule has 1 aliphatic heterocycles. The second kappa shape index (κ2) is 8.64. The lowest BCUT2D eigenvalue weighted by Gasteiger charge is -2.36.